The average Bonchev–Trinajstić information content (AvgIpc) is 2.57. The summed E-state index contributed by atoms with van der Waals surface area (Å²) in [5, 5.41) is 6.90. The smallest absolute Gasteiger partial charge is 0.243 e. The van der Waals surface area contributed by atoms with Gasteiger partial charge in [0.05, 0.1) is 12.1 Å². The number of nitrogens with zero attached hydrogens (tertiary/aromatic N) is 2. The Kier molecular flexibility index (Phi) is 4.19. The number of fused-ring (bicyclic) bond motifs is 1. The van der Waals surface area contributed by atoms with Crippen LogP contribution >= 0.6 is 0 Å². The molecule has 0 radical (unpaired) electrons. The Balaban J connectivity index is 1.70. The van der Waals surface area contributed by atoms with Gasteiger partial charge in [-0.1, -0.05) is 24.3 Å². The number of para-hydroxylation sites is 1. The van der Waals surface area contributed by atoms with Crippen LogP contribution in [0.3, 0.4) is 0 Å². The minimum atomic E-state index is -0.110. The third-order valence-electron chi connectivity index (χ3n) is 3.84. The summed E-state index contributed by atoms with van der Waals surface area (Å²) >= 11 is 0. The summed E-state index contributed by atoms with van der Waals surface area (Å²) in [6, 6.07) is 13.6. The first-order valence-corrected chi connectivity index (χ1v) is 7.45. The standard InChI is InChI=1S/C18H18N4O/c1-12-6-5-9-15(13(12)2)22-17(23)10-19-18-14-7-3-4-8-16(14)20-11-21-18/h3-9,11H,10H2,1-2H3,(H,22,23)(H,19,20,21). The van der Waals surface area contributed by atoms with E-state index in [0.717, 1.165) is 27.7 Å². The maximum atomic E-state index is 12.2. The highest BCUT2D eigenvalue weighted by molar-refractivity contribution is 5.96. The second-order valence-corrected chi connectivity index (χ2v) is 5.39. The number of anilines is 2. The van der Waals surface area contributed by atoms with Crippen molar-refractivity contribution < 1.29 is 4.79 Å². The number of carbonyl (C=O) groups excluding carboxylic acids is 1. The van der Waals surface area contributed by atoms with Crippen molar-refractivity contribution in [2.24, 2.45) is 0 Å². The van der Waals surface area contributed by atoms with E-state index in [2.05, 4.69) is 20.6 Å². The van der Waals surface area contributed by atoms with E-state index < -0.39 is 0 Å². The lowest BCUT2D eigenvalue weighted by Crippen LogP contribution is -2.22. The Bertz CT molecular complexity index is 855. The molecule has 0 aliphatic rings. The van der Waals surface area contributed by atoms with Gasteiger partial charge in [0, 0.05) is 11.1 Å². The molecular weight excluding hydrogens is 288 g/mol. The van der Waals surface area contributed by atoms with E-state index in [9.17, 15) is 4.79 Å². The zero-order valence-electron chi connectivity index (χ0n) is 13.1. The lowest BCUT2D eigenvalue weighted by atomic mass is 10.1. The number of nitrogens with one attached hydrogen (secondary N) is 2. The SMILES string of the molecule is Cc1cccc(NC(=O)CNc2ncnc3ccccc23)c1C. The van der Waals surface area contributed by atoms with Gasteiger partial charge in [0.25, 0.3) is 0 Å². The van der Waals surface area contributed by atoms with Crippen LogP contribution in [-0.2, 0) is 4.79 Å². The van der Waals surface area contributed by atoms with Gasteiger partial charge in [-0.2, -0.15) is 0 Å². The number of hydrogen-bond acceptors (Lipinski definition) is 4. The van der Waals surface area contributed by atoms with Crippen LogP contribution in [0.5, 0.6) is 0 Å². The predicted octanol–water partition coefficient (Wildman–Crippen LogP) is 3.30. The molecule has 0 fully saturated rings. The number of aryl methyl sites for hydroxylation is 1. The van der Waals surface area contributed by atoms with Crippen LogP contribution in [0.25, 0.3) is 10.9 Å². The Morgan fingerprint density at radius 1 is 1.04 bits per heavy atom. The van der Waals surface area contributed by atoms with E-state index in [1.807, 2.05) is 56.3 Å². The molecule has 3 rings (SSSR count). The van der Waals surface area contributed by atoms with E-state index in [0.29, 0.717) is 5.82 Å². The van der Waals surface area contributed by atoms with Crippen molar-refractivity contribution in [2.45, 2.75) is 13.8 Å². The summed E-state index contributed by atoms with van der Waals surface area (Å²) in [4.78, 5) is 20.6. The van der Waals surface area contributed by atoms with Crippen molar-refractivity contribution in [3.05, 3.63) is 59.9 Å². The molecule has 1 heterocycles. The van der Waals surface area contributed by atoms with Crippen molar-refractivity contribution in [3.8, 4) is 0 Å². The Morgan fingerprint density at radius 2 is 1.87 bits per heavy atom. The molecule has 23 heavy (non-hydrogen) atoms. The van der Waals surface area contributed by atoms with Crippen LogP contribution < -0.4 is 10.6 Å². The summed E-state index contributed by atoms with van der Waals surface area (Å²) in [5.74, 6) is 0.549. The zero-order valence-corrected chi connectivity index (χ0v) is 13.1. The largest absolute Gasteiger partial charge is 0.360 e. The molecular formula is C18H18N4O. The molecule has 5 heteroatoms. The molecule has 1 aromatic heterocycles. The number of amides is 1. The second kappa shape index (κ2) is 6.44. The first kappa shape index (κ1) is 15.0. The lowest BCUT2D eigenvalue weighted by molar-refractivity contribution is -0.114. The van der Waals surface area contributed by atoms with Gasteiger partial charge in [0.2, 0.25) is 5.91 Å². The van der Waals surface area contributed by atoms with E-state index in [1.165, 1.54) is 6.33 Å². The number of aromatic nitrogens is 2. The van der Waals surface area contributed by atoms with Gasteiger partial charge in [0.1, 0.15) is 12.1 Å². The molecule has 0 aliphatic carbocycles. The zero-order chi connectivity index (χ0) is 16.2. The normalized spacial score (nSPS) is 10.5. The highest BCUT2D eigenvalue weighted by Crippen LogP contribution is 2.19. The van der Waals surface area contributed by atoms with E-state index in [1.54, 1.807) is 0 Å². The Hall–Kier alpha value is -2.95. The van der Waals surface area contributed by atoms with Gasteiger partial charge >= 0.3 is 0 Å². The monoisotopic (exact) mass is 306 g/mol. The summed E-state index contributed by atoms with van der Waals surface area (Å²) in [5.41, 5.74) is 3.91. The molecule has 0 bridgehead atoms. The van der Waals surface area contributed by atoms with E-state index >= 15 is 0 Å². The molecule has 2 N–H and O–H groups in total. The van der Waals surface area contributed by atoms with E-state index in [4.69, 9.17) is 0 Å². The van der Waals surface area contributed by atoms with Crippen molar-refractivity contribution >= 4 is 28.3 Å². The summed E-state index contributed by atoms with van der Waals surface area (Å²) in [7, 11) is 0. The highest BCUT2D eigenvalue weighted by Gasteiger charge is 2.08. The van der Waals surface area contributed by atoms with Crippen LogP contribution in [0.1, 0.15) is 11.1 Å². The Morgan fingerprint density at radius 3 is 2.74 bits per heavy atom. The molecule has 0 atom stereocenters. The topological polar surface area (TPSA) is 66.9 Å². The molecule has 1 amide bonds. The lowest BCUT2D eigenvalue weighted by Gasteiger charge is -2.11. The minimum absolute atomic E-state index is 0.110. The number of benzene rings is 2. The van der Waals surface area contributed by atoms with Gasteiger partial charge in [-0.15, -0.1) is 0 Å². The molecule has 0 saturated heterocycles. The van der Waals surface area contributed by atoms with Gasteiger partial charge in [0.15, 0.2) is 0 Å². The van der Waals surface area contributed by atoms with Gasteiger partial charge in [-0.3, -0.25) is 4.79 Å². The molecule has 5 nitrogen and oxygen atoms in total. The van der Waals surface area contributed by atoms with Crippen molar-refractivity contribution in [2.75, 3.05) is 17.2 Å². The van der Waals surface area contributed by atoms with Crippen LogP contribution in [-0.4, -0.2) is 22.4 Å². The summed E-state index contributed by atoms with van der Waals surface area (Å²) < 4.78 is 0. The van der Waals surface area contributed by atoms with Crippen LogP contribution in [0.2, 0.25) is 0 Å². The van der Waals surface area contributed by atoms with Crippen molar-refractivity contribution in [1.29, 1.82) is 0 Å². The summed E-state index contributed by atoms with van der Waals surface area (Å²) in [6.45, 7) is 4.17. The maximum absolute atomic E-state index is 12.2. The third kappa shape index (κ3) is 3.29. The molecule has 0 aliphatic heterocycles. The minimum Gasteiger partial charge on any atom is -0.360 e. The van der Waals surface area contributed by atoms with E-state index in [-0.39, 0.29) is 12.5 Å². The van der Waals surface area contributed by atoms with Crippen LogP contribution in [0.15, 0.2) is 48.8 Å². The van der Waals surface area contributed by atoms with Crippen LogP contribution in [0.4, 0.5) is 11.5 Å². The fourth-order valence-electron chi connectivity index (χ4n) is 2.39. The van der Waals surface area contributed by atoms with Gasteiger partial charge in [-0.25, -0.2) is 9.97 Å². The maximum Gasteiger partial charge on any atom is 0.243 e. The average molecular weight is 306 g/mol. The number of rotatable bonds is 4. The quantitative estimate of drug-likeness (QED) is 0.776. The Labute approximate surface area is 134 Å². The highest BCUT2D eigenvalue weighted by atomic mass is 16.1. The predicted molar refractivity (Wildman–Crippen MR) is 92.6 cm³/mol. The molecule has 2 aromatic carbocycles. The summed E-state index contributed by atoms with van der Waals surface area (Å²) in [6.07, 6.45) is 1.49. The molecule has 0 saturated carbocycles. The first-order chi connectivity index (χ1) is 11.1. The fraction of sp³-hybridized carbons (Fsp3) is 0.167. The molecule has 0 spiro atoms. The molecule has 0 unspecified atom stereocenters. The molecule has 3 aromatic rings. The third-order valence-corrected chi connectivity index (χ3v) is 3.84. The number of carbonyl (C=O) groups is 1. The van der Waals surface area contributed by atoms with Gasteiger partial charge < -0.3 is 10.6 Å². The van der Waals surface area contributed by atoms with Crippen molar-refractivity contribution in [3.63, 3.8) is 0 Å². The molecule has 116 valence electrons. The van der Waals surface area contributed by atoms with Gasteiger partial charge in [-0.05, 0) is 43.2 Å². The van der Waals surface area contributed by atoms with Crippen LogP contribution in [0, 0.1) is 13.8 Å². The van der Waals surface area contributed by atoms with Crippen molar-refractivity contribution in [1.82, 2.24) is 9.97 Å². The first-order valence-electron chi connectivity index (χ1n) is 7.45. The fourth-order valence-corrected chi connectivity index (χ4v) is 2.39. The second-order valence-electron chi connectivity index (χ2n) is 5.39. The number of hydrogen-bond donors (Lipinski definition) is 2.